The molecule has 0 aromatic carbocycles. The molecule has 0 unspecified atom stereocenters. The van der Waals surface area contributed by atoms with Gasteiger partial charge in [0.15, 0.2) is 0 Å². The first-order valence-electron chi connectivity index (χ1n) is 5.75. The molecule has 0 atom stereocenters. The van der Waals surface area contributed by atoms with Crippen LogP contribution in [0.1, 0.15) is 31.9 Å². The molecule has 17 heavy (non-hydrogen) atoms. The van der Waals surface area contributed by atoms with Crippen LogP contribution in [0.15, 0.2) is 47.7 Å². The fourth-order valence-electron chi connectivity index (χ4n) is 1.20. The van der Waals surface area contributed by atoms with E-state index >= 15 is 0 Å². The summed E-state index contributed by atoms with van der Waals surface area (Å²) in [6.45, 7) is 12.1. The van der Waals surface area contributed by atoms with Crippen LogP contribution in [-0.4, -0.2) is 4.98 Å². The lowest BCUT2D eigenvalue weighted by Crippen LogP contribution is -1.88. The normalized spacial score (nSPS) is 10.4. The Morgan fingerprint density at radius 2 is 1.94 bits per heavy atom. The number of allylic oxidation sites excluding steroid dienone is 5. The summed E-state index contributed by atoms with van der Waals surface area (Å²) in [6.07, 6.45) is 11.5. The zero-order valence-electron chi connectivity index (χ0n) is 11.0. The number of nitrogens with zero attached hydrogens (tertiary/aromatic N) is 1. The first-order chi connectivity index (χ1) is 8.16. The molecule has 0 saturated heterocycles. The van der Waals surface area contributed by atoms with Crippen LogP contribution in [-0.2, 0) is 0 Å². The molecule has 0 radical (unpaired) electrons. The standard InChI is InChI=1S/C13H14BrN.C2H6/c1-4-5-6-7-10(2)12-8-15-9-13(14)11(12)3;1-2/h4-9H,2H2,1,3H3;1-2H3/b5-4-,7-6-;. The van der Waals surface area contributed by atoms with Gasteiger partial charge in [-0.15, -0.1) is 0 Å². The lowest BCUT2D eigenvalue weighted by atomic mass is 10.0. The quantitative estimate of drug-likeness (QED) is 0.687. The van der Waals surface area contributed by atoms with Gasteiger partial charge in [-0.25, -0.2) is 0 Å². The molecule has 0 N–H and O–H groups in total. The summed E-state index contributed by atoms with van der Waals surface area (Å²) in [5.74, 6) is 0. The Labute approximate surface area is 113 Å². The van der Waals surface area contributed by atoms with E-state index in [1.54, 1.807) is 6.20 Å². The third-order valence-corrected chi connectivity index (χ3v) is 2.90. The predicted octanol–water partition coefficient (Wildman–Crippen LogP) is 5.32. The second-order valence-electron chi connectivity index (χ2n) is 3.20. The molecule has 1 nitrogen and oxygen atoms in total. The van der Waals surface area contributed by atoms with Gasteiger partial charge in [0.1, 0.15) is 0 Å². The molecule has 1 rings (SSSR count). The van der Waals surface area contributed by atoms with Gasteiger partial charge in [0, 0.05) is 22.4 Å². The summed E-state index contributed by atoms with van der Waals surface area (Å²) >= 11 is 3.45. The van der Waals surface area contributed by atoms with Crippen LogP contribution in [0.2, 0.25) is 0 Å². The van der Waals surface area contributed by atoms with Crippen molar-refractivity contribution >= 4 is 21.5 Å². The largest absolute Gasteiger partial charge is 0.263 e. The van der Waals surface area contributed by atoms with Gasteiger partial charge in [0.25, 0.3) is 0 Å². The Bertz CT molecular complexity index is 417. The Morgan fingerprint density at radius 3 is 2.53 bits per heavy atom. The maximum atomic E-state index is 4.13. The van der Waals surface area contributed by atoms with E-state index < -0.39 is 0 Å². The average Bonchev–Trinajstić information content (AvgIpc) is 2.35. The van der Waals surface area contributed by atoms with Gasteiger partial charge >= 0.3 is 0 Å². The molecular weight excluding hydrogens is 274 g/mol. The van der Waals surface area contributed by atoms with Crippen LogP contribution in [0.4, 0.5) is 0 Å². The van der Waals surface area contributed by atoms with Gasteiger partial charge in [-0.1, -0.05) is 44.7 Å². The van der Waals surface area contributed by atoms with Crippen molar-refractivity contribution in [1.29, 1.82) is 0 Å². The van der Waals surface area contributed by atoms with E-state index in [2.05, 4.69) is 34.4 Å². The van der Waals surface area contributed by atoms with Crippen LogP contribution in [0.25, 0.3) is 5.57 Å². The third kappa shape index (κ3) is 5.14. The Morgan fingerprint density at radius 1 is 1.29 bits per heavy atom. The van der Waals surface area contributed by atoms with Crippen LogP contribution >= 0.6 is 15.9 Å². The van der Waals surface area contributed by atoms with E-state index in [1.165, 1.54) is 5.56 Å². The molecule has 1 aromatic heterocycles. The van der Waals surface area contributed by atoms with Gasteiger partial charge in [-0.3, -0.25) is 4.98 Å². The monoisotopic (exact) mass is 293 g/mol. The summed E-state index contributed by atoms with van der Waals surface area (Å²) in [5, 5.41) is 0. The van der Waals surface area contributed by atoms with Crippen molar-refractivity contribution in [2.45, 2.75) is 27.7 Å². The maximum absolute atomic E-state index is 4.13. The maximum Gasteiger partial charge on any atom is 0.0413 e. The van der Waals surface area contributed by atoms with E-state index in [4.69, 9.17) is 0 Å². The second-order valence-corrected chi connectivity index (χ2v) is 4.06. The number of aromatic nitrogens is 1. The van der Waals surface area contributed by atoms with Gasteiger partial charge in [0.05, 0.1) is 0 Å². The number of rotatable bonds is 3. The number of pyridine rings is 1. The Kier molecular flexibility index (Phi) is 8.34. The van der Waals surface area contributed by atoms with E-state index in [0.29, 0.717) is 0 Å². The third-order valence-electron chi connectivity index (χ3n) is 2.10. The molecule has 0 aliphatic carbocycles. The van der Waals surface area contributed by atoms with Crippen LogP contribution < -0.4 is 0 Å². The van der Waals surface area contributed by atoms with Crippen molar-refractivity contribution in [2.24, 2.45) is 0 Å². The molecule has 0 spiro atoms. The molecule has 1 heterocycles. The van der Waals surface area contributed by atoms with E-state index in [9.17, 15) is 0 Å². The van der Waals surface area contributed by atoms with Gasteiger partial charge in [-0.05, 0) is 40.9 Å². The highest BCUT2D eigenvalue weighted by atomic mass is 79.9. The number of hydrogen-bond acceptors (Lipinski definition) is 1. The Hall–Kier alpha value is -1.15. The second kappa shape index (κ2) is 8.94. The topological polar surface area (TPSA) is 12.9 Å². The van der Waals surface area contributed by atoms with Crippen molar-refractivity contribution < 1.29 is 0 Å². The van der Waals surface area contributed by atoms with Gasteiger partial charge in [0.2, 0.25) is 0 Å². The summed E-state index contributed by atoms with van der Waals surface area (Å²) in [4.78, 5) is 4.13. The first-order valence-corrected chi connectivity index (χ1v) is 6.55. The lowest BCUT2D eigenvalue weighted by Gasteiger charge is -2.05. The first kappa shape index (κ1) is 15.9. The molecule has 0 aliphatic heterocycles. The predicted molar refractivity (Wildman–Crippen MR) is 81.0 cm³/mol. The lowest BCUT2D eigenvalue weighted by molar-refractivity contribution is 1.24. The van der Waals surface area contributed by atoms with Crippen LogP contribution in [0.5, 0.6) is 0 Å². The number of hydrogen-bond donors (Lipinski definition) is 0. The van der Waals surface area contributed by atoms with Crippen LogP contribution in [0.3, 0.4) is 0 Å². The van der Waals surface area contributed by atoms with Crippen molar-refractivity contribution in [3.05, 3.63) is 58.9 Å². The van der Waals surface area contributed by atoms with Crippen molar-refractivity contribution in [1.82, 2.24) is 4.98 Å². The zero-order chi connectivity index (χ0) is 13.3. The van der Waals surface area contributed by atoms with Crippen molar-refractivity contribution in [2.75, 3.05) is 0 Å². The summed E-state index contributed by atoms with van der Waals surface area (Å²) in [6, 6.07) is 0. The van der Waals surface area contributed by atoms with Crippen LogP contribution in [0, 0.1) is 6.92 Å². The van der Waals surface area contributed by atoms with Crippen molar-refractivity contribution in [3.63, 3.8) is 0 Å². The minimum absolute atomic E-state index is 0.972. The summed E-state index contributed by atoms with van der Waals surface area (Å²) in [7, 11) is 0. The Balaban J connectivity index is 0.00000121. The molecule has 0 aliphatic rings. The minimum Gasteiger partial charge on any atom is -0.263 e. The highest BCUT2D eigenvalue weighted by Crippen LogP contribution is 2.23. The molecule has 2 heteroatoms. The van der Waals surface area contributed by atoms with Gasteiger partial charge in [-0.2, -0.15) is 0 Å². The molecule has 0 fully saturated rings. The van der Waals surface area contributed by atoms with Crippen molar-refractivity contribution in [3.8, 4) is 0 Å². The fraction of sp³-hybridized carbons (Fsp3) is 0.267. The van der Waals surface area contributed by atoms with E-state index in [-0.39, 0.29) is 0 Å². The van der Waals surface area contributed by atoms with Gasteiger partial charge < -0.3 is 0 Å². The molecule has 92 valence electrons. The molecule has 0 bridgehead atoms. The average molecular weight is 294 g/mol. The molecule has 1 aromatic rings. The molecular formula is C15H20BrN. The molecule has 0 saturated carbocycles. The van der Waals surface area contributed by atoms with E-state index in [1.807, 2.05) is 51.3 Å². The highest BCUT2D eigenvalue weighted by molar-refractivity contribution is 9.10. The smallest absolute Gasteiger partial charge is 0.0413 e. The number of halogens is 1. The fourth-order valence-corrected chi connectivity index (χ4v) is 1.53. The summed E-state index contributed by atoms with van der Waals surface area (Å²) in [5.41, 5.74) is 3.21. The highest BCUT2D eigenvalue weighted by Gasteiger charge is 2.03. The molecule has 0 amide bonds. The van der Waals surface area contributed by atoms with E-state index in [0.717, 1.165) is 15.6 Å². The SMILES string of the molecule is C=C(/C=C\C=C/C)c1cncc(Br)c1C.CC. The zero-order valence-corrected chi connectivity index (χ0v) is 12.6. The minimum atomic E-state index is 0.972. The summed E-state index contributed by atoms with van der Waals surface area (Å²) < 4.78 is 1.01.